The third kappa shape index (κ3) is 5.52. The maximum atomic E-state index is 12.5. The summed E-state index contributed by atoms with van der Waals surface area (Å²) in [6.45, 7) is 3.11. The van der Waals surface area contributed by atoms with Gasteiger partial charge >= 0.3 is 6.18 Å². The maximum Gasteiger partial charge on any atom is 0.434 e. The molecule has 1 heterocycles. The summed E-state index contributed by atoms with van der Waals surface area (Å²) >= 11 is 1.02. The number of guanidine groups is 1. The van der Waals surface area contributed by atoms with E-state index in [0.29, 0.717) is 30.5 Å². The minimum absolute atomic E-state index is 0.409. The lowest BCUT2D eigenvalue weighted by Crippen LogP contribution is -2.37. The fourth-order valence-electron chi connectivity index (χ4n) is 1.96. The molecule has 0 aliphatic carbocycles. The van der Waals surface area contributed by atoms with Crippen molar-refractivity contribution in [3.63, 3.8) is 0 Å². The topological polar surface area (TPSA) is 49.3 Å². The van der Waals surface area contributed by atoms with Gasteiger partial charge in [0.1, 0.15) is 0 Å². The minimum atomic E-state index is -4.38. The van der Waals surface area contributed by atoms with Crippen molar-refractivity contribution >= 4 is 17.3 Å². The average Bonchev–Trinajstić information content (AvgIpc) is 3.01. The number of benzene rings is 1. The normalized spacial score (nSPS) is 12.3. The minimum Gasteiger partial charge on any atom is -0.356 e. The molecule has 0 aliphatic heterocycles. The standard InChI is InChI=1S/C16H19F3N4S/c1-11-3-5-12(6-4-11)9-22-15(20-2)21-8-7-14-23-13(10-24-14)16(17,18)19/h3-6,10H,7-9H2,1-2H3,(H2,20,21,22). The number of rotatable bonds is 5. The van der Waals surface area contributed by atoms with Crippen LogP contribution in [0.25, 0.3) is 0 Å². The highest BCUT2D eigenvalue weighted by Crippen LogP contribution is 2.29. The van der Waals surface area contributed by atoms with Gasteiger partial charge < -0.3 is 10.6 Å². The van der Waals surface area contributed by atoms with Crippen LogP contribution in [-0.4, -0.2) is 24.5 Å². The van der Waals surface area contributed by atoms with Gasteiger partial charge in [-0.05, 0) is 12.5 Å². The lowest BCUT2D eigenvalue weighted by Gasteiger charge is -2.11. The fourth-order valence-corrected chi connectivity index (χ4v) is 2.76. The zero-order valence-electron chi connectivity index (χ0n) is 13.4. The molecule has 130 valence electrons. The Morgan fingerprint density at radius 1 is 1.21 bits per heavy atom. The Morgan fingerprint density at radius 2 is 1.92 bits per heavy atom. The van der Waals surface area contributed by atoms with Crippen LogP contribution in [0.3, 0.4) is 0 Å². The number of hydrogen-bond donors (Lipinski definition) is 2. The van der Waals surface area contributed by atoms with Crippen LogP contribution in [-0.2, 0) is 19.1 Å². The van der Waals surface area contributed by atoms with Gasteiger partial charge in [0.2, 0.25) is 0 Å². The van der Waals surface area contributed by atoms with Crippen LogP contribution in [0.2, 0.25) is 0 Å². The highest BCUT2D eigenvalue weighted by Gasteiger charge is 2.33. The molecule has 2 rings (SSSR count). The molecule has 0 spiro atoms. The number of hydrogen-bond acceptors (Lipinski definition) is 3. The Kier molecular flexibility index (Phi) is 6.19. The third-order valence-electron chi connectivity index (χ3n) is 3.28. The van der Waals surface area contributed by atoms with Crippen molar-refractivity contribution in [1.82, 2.24) is 15.6 Å². The third-order valence-corrected chi connectivity index (χ3v) is 4.19. The van der Waals surface area contributed by atoms with E-state index < -0.39 is 11.9 Å². The molecule has 1 aromatic heterocycles. The van der Waals surface area contributed by atoms with E-state index in [1.165, 1.54) is 5.56 Å². The average molecular weight is 356 g/mol. The van der Waals surface area contributed by atoms with Crippen molar-refractivity contribution in [3.05, 3.63) is 51.5 Å². The molecule has 0 atom stereocenters. The van der Waals surface area contributed by atoms with Gasteiger partial charge in [0.25, 0.3) is 0 Å². The van der Waals surface area contributed by atoms with Gasteiger partial charge in [-0.25, -0.2) is 4.98 Å². The summed E-state index contributed by atoms with van der Waals surface area (Å²) in [5.74, 6) is 0.600. The van der Waals surface area contributed by atoms with E-state index in [1.54, 1.807) is 7.05 Å². The molecule has 4 nitrogen and oxygen atoms in total. The largest absolute Gasteiger partial charge is 0.434 e. The van der Waals surface area contributed by atoms with Crippen LogP contribution < -0.4 is 10.6 Å². The molecule has 0 bridgehead atoms. The molecule has 0 radical (unpaired) electrons. The Hall–Kier alpha value is -2.09. The summed E-state index contributed by atoms with van der Waals surface area (Å²) in [6, 6.07) is 8.13. The van der Waals surface area contributed by atoms with E-state index >= 15 is 0 Å². The second-order valence-electron chi connectivity index (χ2n) is 5.21. The Balaban J connectivity index is 1.77. The number of aliphatic imine (C=N–C) groups is 1. The van der Waals surface area contributed by atoms with Gasteiger partial charge in [-0.15, -0.1) is 11.3 Å². The van der Waals surface area contributed by atoms with Gasteiger partial charge in [0, 0.05) is 31.9 Å². The van der Waals surface area contributed by atoms with Gasteiger partial charge in [0.05, 0.1) is 5.01 Å². The van der Waals surface area contributed by atoms with E-state index in [1.807, 2.05) is 31.2 Å². The van der Waals surface area contributed by atoms with Crippen molar-refractivity contribution in [1.29, 1.82) is 0 Å². The molecule has 0 aliphatic rings. The first-order chi connectivity index (χ1) is 11.4. The quantitative estimate of drug-likeness (QED) is 0.638. The summed E-state index contributed by atoms with van der Waals surface area (Å²) in [6.07, 6.45) is -3.97. The Morgan fingerprint density at radius 3 is 2.50 bits per heavy atom. The molecular formula is C16H19F3N4S. The summed E-state index contributed by atoms with van der Waals surface area (Å²) in [5, 5.41) is 7.72. The molecule has 1 aromatic carbocycles. The first kappa shape index (κ1) is 18.3. The summed E-state index contributed by atoms with van der Waals surface area (Å²) in [5.41, 5.74) is 1.49. The van der Waals surface area contributed by atoms with Crippen molar-refractivity contribution in [2.45, 2.75) is 26.1 Å². The number of alkyl halides is 3. The van der Waals surface area contributed by atoms with Crippen molar-refractivity contribution in [3.8, 4) is 0 Å². The summed E-state index contributed by atoms with van der Waals surface area (Å²) < 4.78 is 37.5. The smallest absolute Gasteiger partial charge is 0.356 e. The number of halogens is 3. The van der Waals surface area contributed by atoms with Gasteiger partial charge in [-0.1, -0.05) is 29.8 Å². The molecule has 0 saturated carbocycles. The zero-order valence-corrected chi connectivity index (χ0v) is 14.3. The van der Waals surface area contributed by atoms with Gasteiger partial charge in [0.15, 0.2) is 11.7 Å². The van der Waals surface area contributed by atoms with Crippen molar-refractivity contribution in [2.24, 2.45) is 4.99 Å². The van der Waals surface area contributed by atoms with Gasteiger partial charge in [-0.3, -0.25) is 4.99 Å². The number of nitrogens with one attached hydrogen (secondary N) is 2. The Bertz CT molecular complexity index is 677. The SMILES string of the molecule is CN=C(NCCc1nc(C(F)(F)F)cs1)NCc1ccc(C)cc1. The molecular weight excluding hydrogens is 337 g/mol. The van der Waals surface area contributed by atoms with Crippen LogP contribution in [0.1, 0.15) is 21.8 Å². The van der Waals surface area contributed by atoms with Crippen molar-refractivity contribution in [2.75, 3.05) is 13.6 Å². The molecule has 0 amide bonds. The summed E-state index contributed by atoms with van der Waals surface area (Å²) in [7, 11) is 1.65. The second-order valence-corrected chi connectivity index (χ2v) is 6.16. The van der Waals surface area contributed by atoms with Crippen LogP contribution in [0, 0.1) is 6.92 Å². The molecule has 0 saturated heterocycles. The van der Waals surface area contributed by atoms with Crippen LogP contribution in [0.15, 0.2) is 34.6 Å². The van der Waals surface area contributed by atoms with Crippen molar-refractivity contribution < 1.29 is 13.2 Å². The second kappa shape index (κ2) is 8.14. The summed E-state index contributed by atoms with van der Waals surface area (Å²) in [4.78, 5) is 7.69. The first-order valence-electron chi connectivity index (χ1n) is 7.40. The fraction of sp³-hybridized carbons (Fsp3) is 0.375. The van der Waals surface area contributed by atoms with E-state index in [2.05, 4.69) is 20.6 Å². The number of nitrogens with zero attached hydrogens (tertiary/aromatic N) is 2. The van der Waals surface area contributed by atoms with Gasteiger partial charge in [-0.2, -0.15) is 13.2 Å². The monoisotopic (exact) mass is 356 g/mol. The van der Waals surface area contributed by atoms with Crippen LogP contribution in [0.5, 0.6) is 0 Å². The first-order valence-corrected chi connectivity index (χ1v) is 8.28. The van der Waals surface area contributed by atoms with Crippen LogP contribution >= 0.6 is 11.3 Å². The van der Waals surface area contributed by atoms with Crippen LogP contribution in [0.4, 0.5) is 13.2 Å². The molecule has 8 heteroatoms. The predicted molar refractivity (Wildman–Crippen MR) is 90.2 cm³/mol. The number of thiazole rings is 1. The van der Waals surface area contributed by atoms with E-state index in [4.69, 9.17) is 0 Å². The highest BCUT2D eigenvalue weighted by molar-refractivity contribution is 7.09. The lowest BCUT2D eigenvalue weighted by atomic mass is 10.1. The predicted octanol–water partition coefficient (Wildman–Crippen LogP) is 3.38. The molecule has 2 aromatic rings. The van der Waals surface area contributed by atoms with E-state index in [0.717, 1.165) is 22.3 Å². The maximum absolute atomic E-state index is 12.5. The molecule has 0 fully saturated rings. The molecule has 0 unspecified atom stereocenters. The lowest BCUT2D eigenvalue weighted by molar-refractivity contribution is -0.140. The molecule has 2 N–H and O–H groups in total. The molecule has 24 heavy (non-hydrogen) atoms. The Labute approximate surface area is 142 Å². The number of aromatic nitrogens is 1. The highest BCUT2D eigenvalue weighted by atomic mass is 32.1. The number of aryl methyl sites for hydroxylation is 1. The zero-order chi connectivity index (χ0) is 17.6. The van der Waals surface area contributed by atoms with E-state index in [-0.39, 0.29) is 0 Å². The van der Waals surface area contributed by atoms with E-state index in [9.17, 15) is 13.2 Å².